The minimum atomic E-state index is -6.23. The maximum atomic E-state index is 13.2. The molecule has 1 aromatic carbocycles. The fourth-order valence-corrected chi connectivity index (χ4v) is 1.60. The standard InChI is InChI=1S/C7H2ClF4NO5S/c8-3-1-4(9)6(5(2-3)13(14)15)18-19(16,17)7(10,11)12/h1-2H. The summed E-state index contributed by atoms with van der Waals surface area (Å²) >= 11 is 5.26. The molecule has 0 spiro atoms. The molecule has 6 nitrogen and oxygen atoms in total. The SMILES string of the molecule is O=[N+]([O-])c1cc(Cl)cc(F)c1OS(=O)(=O)C(F)(F)F. The highest BCUT2D eigenvalue weighted by atomic mass is 35.5. The second-order valence-corrected chi connectivity index (χ2v) is 4.95. The smallest absolute Gasteiger partial charge is 0.365 e. The zero-order chi connectivity index (χ0) is 15.0. The Morgan fingerprint density at radius 2 is 1.84 bits per heavy atom. The predicted octanol–water partition coefficient (Wildman–Crippen LogP) is 2.62. The molecule has 0 amide bonds. The molecule has 0 aromatic heterocycles. The normalized spacial score (nSPS) is 12.3. The number of alkyl halides is 3. The summed E-state index contributed by atoms with van der Waals surface area (Å²) in [6.45, 7) is 0. The van der Waals surface area contributed by atoms with Crippen LogP contribution in [0.25, 0.3) is 0 Å². The van der Waals surface area contributed by atoms with E-state index in [0.717, 1.165) is 0 Å². The molecule has 0 N–H and O–H groups in total. The van der Waals surface area contributed by atoms with E-state index in [1.54, 1.807) is 0 Å². The molecule has 12 heteroatoms. The summed E-state index contributed by atoms with van der Waals surface area (Å²) in [7, 11) is -6.23. The molecule has 0 unspecified atom stereocenters. The van der Waals surface area contributed by atoms with Crippen molar-refractivity contribution in [2.75, 3.05) is 0 Å². The van der Waals surface area contributed by atoms with Crippen LogP contribution in [0.15, 0.2) is 12.1 Å². The number of nitro benzene ring substituents is 1. The Morgan fingerprint density at radius 1 is 1.32 bits per heavy atom. The Morgan fingerprint density at radius 3 is 2.26 bits per heavy atom. The number of nitro groups is 1. The molecule has 0 bridgehead atoms. The number of hydrogen-bond acceptors (Lipinski definition) is 5. The van der Waals surface area contributed by atoms with Gasteiger partial charge in [0.05, 0.1) is 9.95 Å². The predicted molar refractivity (Wildman–Crippen MR) is 53.7 cm³/mol. The summed E-state index contributed by atoms with van der Waals surface area (Å²) in [5, 5.41) is 9.97. The van der Waals surface area contributed by atoms with Crippen LogP contribution in [0, 0.1) is 15.9 Å². The van der Waals surface area contributed by atoms with Crippen molar-refractivity contribution in [3.63, 3.8) is 0 Å². The van der Waals surface area contributed by atoms with Gasteiger partial charge >= 0.3 is 21.3 Å². The highest BCUT2D eigenvalue weighted by Gasteiger charge is 2.49. The lowest BCUT2D eigenvalue weighted by molar-refractivity contribution is -0.385. The van der Waals surface area contributed by atoms with Gasteiger partial charge in [0, 0.05) is 6.07 Å². The van der Waals surface area contributed by atoms with Crippen molar-refractivity contribution in [3.8, 4) is 5.75 Å². The first-order chi connectivity index (χ1) is 8.45. The minimum absolute atomic E-state index is 0.371. The molecule has 0 saturated carbocycles. The van der Waals surface area contributed by atoms with Crippen molar-refractivity contribution in [2.45, 2.75) is 5.51 Å². The summed E-state index contributed by atoms with van der Waals surface area (Å²) in [5.41, 5.74) is -7.20. The second kappa shape index (κ2) is 4.81. The summed E-state index contributed by atoms with van der Waals surface area (Å²) < 4.78 is 74.1. The number of nitrogens with zero attached hydrogens (tertiary/aromatic N) is 1. The van der Waals surface area contributed by atoms with Crippen molar-refractivity contribution in [2.24, 2.45) is 0 Å². The molecule has 0 aliphatic rings. The monoisotopic (exact) mass is 323 g/mol. The van der Waals surface area contributed by atoms with E-state index in [0.29, 0.717) is 12.1 Å². The molecule has 106 valence electrons. The van der Waals surface area contributed by atoms with Gasteiger partial charge in [-0.2, -0.15) is 21.6 Å². The fraction of sp³-hybridized carbons (Fsp3) is 0.143. The molecule has 0 saturated heterocycles. The Balaban J connectivity index is 3.41. The number of halogens is 5. The molecule has 0 heterocycles. The van der Waals surface area contributed by atoms with Gasteiger partial charge in [-0.3, -0.25) is 10.1 Å². The molecule has 0 atom stereocenters. The lowest BCUT2D eigenvalue weighted by Crippen LogP contribution is -2.28. The lowest BCUT2D eigenvalue weighted by Gasteiger charge is -2.10. The molecular weight excluding hydrogens is 322 g/mol. The highest BCUT2D eigenvalue weighted by molar-refractivity contribution is 7.88. The van der Waals surface area contributed by atoms with Gasteiger partial charge in [-0.15, -0.1) is 0 Å². The molecule has 0 radical (unpaired) electrons. The van der Waals surface area contributed by atoms with Crippen LogP contribution >= 0.6 is 11.6 Å². The van der Waals surface area contributed by atoms with Crippen LogP contribution in [-0.4, -0.2) is 18.8 Å². The summed E-state index contributed by atoms with van der Waals surface area (Å²) in [6, 6.07) is 0.821. The molecule has 0 fully saturated rings. The summed E-state index contributed by atoms with van der Waals surface area (Å²) in [5.74, 6) is -3.40. The van der Waals surface area contributed by atoms with E-state index in [2.05, 4.69) is 4.18 Å². The first-order valence-electron chi connectivity index (χ1n) is 4.10. The first kappa shape index (κ1) is 15.4. The van der Waals surface area contributed by atoms with Crippen LogP contribution in [0.3, 0.4) is 0 Å². The van der Waals surface area contributed by atoms with Gasteiger partial charge in [0.25, 0.3) is 5.75 Å². The Kier molecular flexibility index (Phi) is 3.91. The van der Waals surface area contributed by atoms with Crippen LogP contribution in [-0.2, 0) is 10.1 Å². The van der Waals surface area contributed by atoms with Crippen molar-refractivity contribution in [3.05, 3.63) is 33.1 Å². The van der Waals surface area contributed by atoms with E-state index in [1.165, 1.54) is 0 Å². The van der Waals surface area contributed by atoms with Gasteiger partial charge in [-0.25, -0.2) is 4.39 Å². The topological polar surface area (TPSA) is 86.5 Å². The van der Waals surface area contributed by atoms with Crippen molar-refractivity contribution < 1.29 is 35.1 Å². The molecule has 1 aromatic rings. The number of benzene rings is 1. The van der Waals surface area contributed by atoms with Gasteiger partial charge in [0.2, 0.25) is 0 Å². The largest absolute Gasteiger partial charge is 0.534 e. The third-order valence-electron chi connectivity index (χ3n) is 1.66. The van der Waals surface area contributed by atoms with Crippen LogP contribution in [0.4, 0.5) is 23.2 Å². The van der Waals surface area contributed by atoms with E-state index >= 15 is 0 Å². The molecule has 0 aliphatic carbocycles. The van der Waals surface area contributed by atoms with E-state index in [-0.39, 0.29) is 0 Å². The maximum Gasteiger partial charge on any atom is 0.534 e. The maximum absolute atomic E-state index is 13.2. The van der Waals surface area contributed by atoms with Gasteiger partial charge in [-0.1, -0.05) is 11.6 Å². The average Bonchev–Trinajstić information content (AvgIpc) is 2.19. The van der Waals surface area contributed by atoms with E-state index in [9.17, 15) is 36.1 Å². The Hall–Kier alpha value is -1.62. The van der Waals surface area contributed by atoms with Gasteiger partial charge < -0.3 is 4.18 Å². The van der Waals surface area contributed by atoms with Gasteiger partial charge in [-0.05, 0) is 6.07 Å². The van der Waals surface area contributed by atoms with E-state index in [4.69, 9.17) is 11.6 Å². The third kappa shape index (κ3) is 3.23. The summed E-state index contributed by atoms with van der Waals surface area (Å²) in [4.78, 5) is 9.15. The van der Waals surface area contributed by atoms with Crippen LogP contribution in [0.1, 0.15) is 0 Å². The number of rotatable bonds is 3. The first-order valence-corrected chi connectivity index (χ1v) is 5.88. The van der Waals surface area contributed by atoms with Crippen LogP contribution in [0.5, 0.6) is 5.75 Å². The van der Waals surface area contributed by atoms with Crippen molar-refractivity contribution in [1.82, 2.24) is 0 Å². The number of hydrogen-bond donors (Lipinski definition) is 0. The van der Waals surface area contributed by atoms with Gasteiger partial charge in [0.1, 0.15) is 0 Å². The lowest BCUT2D eigenvalue weighted by atomic mass is 10.3. The van der Waals surface area contributed by atoms with Crippen LogP contribution in [0.2, 0.25) is 5.02 Å². The van der Waals surface area contributed by atoms with Gasteiger partial charge in [0.15, 0.2) is 5.82 Å². The molecule has 1 rings (SSSR count). The van der Waals surface area contributed by atoms with Crippen molar-refractivity contribution >= 4 is 27.4 Å². The van der Waals surface area contributed by atoms with Crippen molar-refractivity contribution in [1.29, 1.82) is 0 Å². The van der Waals surface area contributed by atoms with E-state index < -0.39 is 42.8 Å². The second-order valence-electron chi connectivity index (χ2n) is 2.98. The molecule has 19 heavy (non-hydrogen) atoms. The zero-order valence-corrected chi connectivity index (χ0v) is 10.0. The third-order valence-corrected chi connectivity index (χ3v) is 2.83. The fourth-order valence-electron chi connectivity index (χ4n) is 0.922. The highest BCUT2D eigenvalue weighted by Crippen LogP contribution is 2.36. The zero-order valence-electron chi connectivity index (χ0n) is 8.44. The Labute approximate surface area is 107 Å². The van der Waals surface area contributed by atoms with E-state index in [1.807, 2.05) is 0 Å². The quantitative estimate of drug-likeness (QED) is 0.280. The average molecular weight is 324 g/mol. The summed E-state index contributed by atoms with van der Waals surface area (Å²) in [6.07, 6.45) is 0. The molecular formula is C7H2ClF4NO5S. The van der Waals surface area contributed by atoms with Crippen LogP contribution < -0.4 is 4.18 Å². The molecule has 0 aliphatic heterocycles. The minimum Gasteiger partial charge on any atom is -0.365 e. The Bertz CT molecular complexity index is 629.